The maximum atomic E-state index is 12.9. The van der Waals surface area contributed by atoms with E-state index < -0.39 is 0 Å². The first kappa shape index (κ1) is 29.4. The number of hydrogen-bond donors (Lipinski definition) is 1. The number of hydrogen-bond acceptors (Lipinski definition) is 7. The Morgan fingerprint density at radius 2 is 1.90 bits per heavy atom. The van der Waals surface area contributed by atoms with Crippen LogP contribution in [0.1, 0.15) is 77.7 Å². The van der Waals surface area contributed by atoms with Crippen LogP contribution in [0, 0.1) is 5.92 Å². The first-order valence-corrected chi connectivity index (χ1v) is 14.7. The van der Waals surface area contributed by atoms with Gasteiger partial charge in [0.15, 0.2) is 6.73 Å². The molecular formula is C31H43N5O4. The summed E-state index contributed by atoms with van der Waals surface area (Å²) < 4.78 is 13.0. The molecule has 0 aliphatic carbocycles. The van der Waals surface area contributed by atoms with Gasteiger partial charge in [0.2, 0.25) is 0 Å². The molecule has 1 aliphatic rings. The van der Waals surface area contributed by atoms with E-state index in [9.17, 15) is 9.59 Å². The van der Waals surface area contributed by atoms with Gasteiger partial charge in [0.1, 0.15) is 24.4 Å². The fourth-order valence-electron chi connectivity index (χ4n) is 5.28. The van der Waals surface area contributed by atoms with Gasteiger partial charge in [-0.05, 0) is 43.7 Å². The summed E-state index contributed by atoms with van der Waals surface area (Å²) in [5.41, 5.74) is 1.66. The average molecular weight is 550 g/mol. The zero-order valence-electron chi connectivity index (χ0n) is 24.1. The lowest BCUT2D eigenvalue weighted by atomic mass is 9.94. The predicted molar refractivity (Wildman–Crippen MR) is 156 cm³/mol. The van der Waals surface area contributed by atoms with Crippen LogP contribution in [0.15, 0.2) is 48.9 Å². The number of benzene rings is 1. The van der Waals surface area contributed by atoms with E-state index in [1.165, 1.54) is 25.6 Å². The van der Waals surface area contributed by atoms with Crippen LogP contribution < -0.4 is 5.32 Å². The highest BCUT2D eigenvalue weighted by molar-refractivity contribution is 5.87. The van der Waals surface area contributed by atoms with Crippen LogP contribution in [0.25, 0.3) is 11.0 Å². The molecule has 3 aromatic rings. The van der Waals surface area contributed by atoms with Crippen molar-refractivity contribution in [2.24, 2.45) is 5.92 Å². The van der Waals surface area contributed by atoms with Gasteiger partial charge in [0, 0.05) is 31.2 Å². The number of carbonyl (C=O) groups excluding carboxylic acids is 2. The lowest BCUT2D eigenvalue weighted by Gasteiger charge is -2.37. The van der Waals surface area contributed by atoms with E-state index >= 15 is 0 Å². The number of carbonyl (C=O) groups is 2. The molecule has 3 heterocycles. The van der Waals surface area contributed by atoms with Crippen LogP contribution >= 0.6 is 0 Å². The minimum atomic E-state index is -0.306. The quantitative estimate of drug-likeness (QED) is 0.242. The molecule has 1 amide bonds. The van der Waals surface area contributed by atoms with E-state index in [-0.39, 0.29) is 37.5 Å². The van der Waals surface area contributed by atoms with Gasteiger partial charge in [-0.2, -0.15) is 0 Å². The topological polar surface area (TPSA) is 98.6 Å². The van der Waals surface area contributed by atoms with Crippen LogP contribution in [0.3, 0.4) is 0 Å². The molecule has 0 spiro atoms. The normalized spacial score (nSPS) is 17.9. The first-order chi connectivity index (χ1) is 19.5. The van der Waals surface area contributed by atoms with Crippen LogP contribution in [0.4, 0.5) is 10.6 Å². The third-order valence-electron chi connectivity index (χ3n) is 7.88. The number of anilines is 1. The second-order valence-corrected chi connectivity index (χ2v) is 10.8. The van der Waals surface area contributed by atoms with E-state index in [1.807, 2.05) is 47.2 Å². The summed E-state index contributed by atoms with van der Waals surface area (Å²) in [5.74, 6) is 1.10. The smallest absolute Gasteiger partial charge is 0.410 e. The molecule has 216 valence electrons. The minimum Gasteiger partial charge on any atom is -0.445 e. The van der Waals surface area contributed by atoms with E-state index in [4.69, 9.17) is 9.47 Å². The third-order valence-corrected chi connectivity index (χ3v) is 7.88. The van der Waals surface area contributed by atoms with Crippen molar-refractivity contribution in [3.05, 3.63) is 54.5 Å². The number of nitrogens with one attached hydrogen (secondary N) is 1. The summed E-state index contributed by atoms with van der Waals surface area (Å²) in [4.78, 5) is 36.0. The van der Waals surface area contributed by atoms with Gasteiger partial charge in [-0.25, -0.2) is 14.8 Å². The van der Waals surface area contributed by atoms with Crippen LogP contribution in [0.5, 0.6) is 0 Å². The number of piperidine rings is 1. The molecule has 1 aromatic carbocycles. The number of unbranched alkanes of at least 4 members (excludes halogenated alkanes) is 1. The maximum Gasteiger partial charge on any atom is 0.410 e. The SMILES string of the molecule is CCCCC(CC)CCC(=O)OCn1ccc2c(N[C@@H]3CC[C@H](C)N(C(=O)OCc4ccccc4)C3)ncnc21. The molecule has 9 heteroatoms. The monoisotopic (exact) mass is 549 g/mol. The van der Waals surface area contributed by atoms with Gasteiger partial charge >= 0.3 is 12.1 Å². The molecule has 40 heavy (non-hydrogen) atoms. The van der Waals surface area contributed by atoms with Crippen molar-refractivity contribution < 1.29 is 19.1 Å². The Morgan fingerprint density at radius 1 is 1.07 bits per heavy atom. The van der Waals surface area contributed by atoms with Gasteiger partial charge in [0.25, 0.3) is 0 Å². The average Bonchev–Trinajstić information content (AvgIpc) is 3.40. The molecular weight excluding hydrogens is 506 g/mol. The number of aromatic nitrogens is 3. The third kappa shape index (κ3) is 7.96. The summed E-state index contributed by atoms with van der Waals surface area (Å²) in [5, 5.41) is 4.36. The van der Waals surface area contributed by atoms with E-state index in [0.29, 0.717) is 30.3 Å². The Hall–Kier alpha value is -3.62. The second-order valence-electron chi connectivity index (χ2n) is 10.8. The fraction of sp³-hybridized carbons (Fsp3) is 0.548. The number of nitrogens with zero attached hydrogens (tertiary/aromatic N) is 4. The van der Waals surface area contributed by atoms with Gasteiger partial charge in [-0.3, -0.25) is 9.36 Å². The number of rotatable bonds is 13. The number of ether oxygens (including phenoxy) is 2. The van der Waals surface area contributed by atoms with Crippen molar-refractivity contribution in [3.8, 4) is 0 Å². The molecule has 0 radical (unpaired) electrons. The minimum absolute atomic E-state index is 0.0268. The predicted octanol–water partition coefficient (Wildman–Crippen LogP) is 6.53. The number of fused-ring (bicyclic) bond motifs is 1. The molecule has 1 aliphatic heterocycles. The van der Waals surface area contributed by atoms with Crippen LogP contribution in [0.2, 0.25) is 0 Å². The molecule has 1 N–H and O–H groups in total. The lowest BCUT2D eigenvalue weighted by molar-refractivity contribution is -0.147. The zero-order chi connectivity index (χ0) is 28.3. The Bertz CT molecular complexity index is 1230. The summed E-state index contributed by atoms with van der Waals surface area (Å²) in [6.07, 6.45) is 10.8. The Kier molecular flexibility index (Phi) is 10.8. The molecule has 4 rings (SSSR count). The highest BCUT2D eigenvalue weighted by Crippen LogP contribution is 2.26. The van der Waals surface area contributed by atoms with Crippen molar-refractivity contribution in [2.45, 2.75) is 97.6 Å². The lowest BCUT2D eigenvalue weighted by Crippen LogP contribution is -2.49. The summed E-state index contributed by atoms with van der Waals surface area (Å²) >= 11 is 0. The highest BCUT2D eigenvalue weighted by Gasteiger charge is 2.30. The number of amides is 1. The van der Waals surface area contributed by atoms with E-state index in [0.717, 1.165) is 36.6 Å². The Morgan fingerprint density at radius 3 is 2.67 bits per heavy atom. The Balaban J connectivity index is 1.32. The van der Waals surface area contributed by atoms with E-state index in [1.54, 1.807) is 4.90 Å². The summed E-state index contributed by atoms with van der Waals surface area (Å²) in [6, 6.07) is 11.8. The molecule has 0 saturated carbocycles. The van der Waals surface area contributed by atoms with Gasteiger partial charge < -0.3 is 19.7 Å². The maximum absolute atomic E-state index is 12.9. The summed E-state index contributed by atoms with van der Waals surface area (Å²) in [7, 11) is 0. The fourth-order valence-corrected chi connectivity index (χ4v) is 5.28. The van der Waals surface area contributed by atoms with Crippen molar-refractivity contribution >= 4 is 28.9 Å². The van der Waals surface area contributed by atoms with Gasteiger partial charge in [0.05, 0.1) is 5.39 Å². The van der Waals surface area contributed by atoms with Crippen LogP contribution in [-0.2, 0) is 27.6 Å². The molecule has 0 bridgehead atoms. The molecule has 3 atom stereocenters. The molecule has 1 fully saturated rings. The van der Waals surface area contributed by atoms with Crippen molar-refractivity contribution in [1.29, 1.82) is 0 Å². The number of esters is 1. The summed E-state index contributed by atoms with van der Waals surface area (Å²) in [6.45, 7) is 7.33. The van der Waals surface area contributed by atoms with Gasteiger partial charge in [-0.1, -0.05) is 69.9 Å². The molecule has 9 nitrogen and oxygen atoms in total. The zero-order valence-corrected chi connectivity index (χ0v) is 24.1. The second kappa shape index (κ2) is 14.7. The van der Waals surface area contributed by atoms with Gasteiger partial charge in [-0.15, -0.1) is 0 Å². The largest absolute Gasteiger partial charge is 0.445 e. The van der Waals surface area contributed by atoms with Crippen molar-refractivity contribution in [2.75, 3.05) is 11.9 Å². The van der Waals surface area contributed by atoms with Crippen LogP contribution in [-0.4, -0.2) is 50.1 Å². The molecule has 1 unspecified atom stereocenters. The number of likely N-dealkylation sites (tertiary alicyclic amines) is 1. The standard InChI is InChI=1S/C31H43N5O4/c1-4-6-10-24(5-2)14-16-28(37)40-22-35-18-17-27-29(32-21-33-30(27)35)34-26-15-13-23(3)36(19-26)31(38)39-20-25-11-8-7-9-12-25/h7-9,11-12,17-18,21,23-24,26H,4-6,10,13-16,19-20,22H2,1-3H3,(H,32,33,34)/t23-,24?,26+/m0/s1. The first-order valence-electron chi connectivity index (χ1n) is 14.7. The highest BCUT2D eigenvalue weighted by atomic mass is 16.6. The van der Waals surface area contributed by atoms with Crippen molar-refractivity contribution in [3.63, 3.8) is 0 Å². The molecule has 2 aromatic heterocycles. The van der Waals surface area contributed by atoms with E-state index in [2.05, 4.69) is 36.1 Å². The Labute approximate surface area is 237 Å². The molecule has 1 saturated heterocycles. The van der Waals surface area contributed by atoms with Crippen molar-refractivity contribution in [1.82, 2.24) is 19.4 Å².